The molecule has 1 heterocycles. The number of ether oxygens (including phenoxy) is 1. The van der Waals surface area contributed by atoms with Crippen LogP contribution in [-0.4, -0.2) is 24.0 Å². The second-order valence-corrected chi connectivity index (χ2v) is 4.56. The maximum Gasteiger partial charge on any atom is 0.311 e. The molecule has 0 atom stereocenters. The van der Waals surface area contributed by atoms with Gasteiger partial charge in [0.2, 0.25) is 0 Å². The van der Waals surface area contributed by atoms with Crippen LogP contribution in [0.1, 0.15) is 18.4 Å². The van der Waals surface area contributed by atoms with E-state index in [2.05, 4.69) is 16.5 Å². The Labute approximate surface area is 136 Å². The highest BCUT2D eigenvalue weighted by molar-refractivity contribution is 5.85. The van der Waals surface area contributed by atoms with Crippen LogP contribution in [-0.2, 0) is 11.2 Å². The van der Waals surface area contributed by atoms with Gasteiger partial charge in [-0.3, -0.25) is 4.79 Å². The fraction of sp³-hybridized carbons (Fsp3) is 0.357. The number of rotatable bonds is 6. The van der Waals surface area contributed by atoms with Gasteiger partial charge in [-0.15, -0.1) is 0 Å². The number of benzene rings is 1. The van der Waals surface area contributed by atoms with Crippen molar-refractivity contribution in [3.05, 3.63) is 30.0 Å². The summed E-state index contributed by atoms with van der Waals surface area (Å²) in [6.45, 7) is 1.60. The molecule has 21 heavy (non-hydrogen) atoms. The maximum absolute atomic E-state index is 11.6. The number of aromatic amines is 1. The van der Waals surface area contributed by atoms with E-state index >= 15 is 0 Å². The molecule has 0 saturated carbocycles. The smallest absolute Gasteiger partial charge is 0.311 e. The van der Waals surface area contributed by atoms with Crippen molar-refractivity contribution in [2.45, 2.75) is 19.3 Å². The molecule has 0 spiro atoms. The van der Waals surface area contributed by atoms with Gasteiger partial charge in [0.25, 0.3) is 0 Å². The molecule has 2 rings (SSSR count). The summed E-state index contributed by atoms with van der Waals surface area (Å²) >= 11 is 0. The average molecular weight is 334 g/mol. The Morgan fingerprint density at radius 3 is 2.62 bits per heavy atom. The van der Waals surface area contributed by atoms with Crippen LogP contribution in [0.2, 0.25) is 0 Å². The van der Waals surface area contributed by atoms with Gasteiger partial charge in [-0.25, -0.2) is 0 Å². The number of aromatic nitrogens is 1. The molecule has 118 valence electrons. The summed E-state index contributed by atoms with van der Waals surface area (Å²) in [7, 11) is 0. The van der Waals surface area contributed by atoms with Gasteiger partial charge < -0.3 is 46.0 Å². The van der Waals surface area contributed by atoms with Gasteiger partial charge in [-0.1, -0.05) is 0 Å². The fourth-order valence-electron chi connectivity index (χ4n) is 2.07. The summed E-state index contributed by atoms with van der Waals surface area (Å²) < 4.78 is 5.33. The van der Waals surface area contributed by atoms with Crippen molar-refractivity contribution in [1.82, 2.24) is 4.98 Å². The van der Waals surface area contributed by atoms with E-state index in [-0.39, 0.29) is 30.8 Å². The van der Waals surface area contributed by atoms with Crippen LogP contribution in [0.25, 0.3) is 10.9 Å². The molecule has 2 aromatic rings. The Morgan fingerprint density at radius 1 is 1.19 bits per heavy atom. The molecule has 0 amide bonds. The number of H-pyrrole nitrogens is 1. The molecule has 7 heteroatoms. The summed E-state index contributed by atoms with van der Waals surface area (Å²) in [6, 6.07) is 5.67. The predicted molar refractivity (Wildman–Crippen MR) is 72.4 cm³/mol. The molecule has 0 aliphatic carbocycles. The first-order valence-electron chi connectivity index (χ1n) is 6.63. The Balaban J connectivity index is 0.00000200. The van der Waals surface area contributed by atoms with Gasteiger partial charge in [0.05, 0.1) is 19.5 Å². The minimum Gasteiger partial charge on any atom is -1.00 e. The average Bonchev–Trinajstić information content (AvgIpc) is 2.80. The van der Waals surface area contributed by atoms with Crippen LogP contribution in [0.3, 0.4) is 0 Å². The van der Waals surface area contributed by atoms with E-state index in [1.165, 1.54) is 5.56 Å². The standard InChI is InChI=1S/C14H19N3O2.2ClH/c15-6-1-2-14(18)19-11-3-4-13-12(8-11)10(5-7-16)9-17-13;;/h3-4,8-9,17H,1-2,5-7,15-16H2;2*1H. The summed E-state index contributed by atoms with van der Waals surface area (Å²) in [5.74, 6) is 0.406. The number of fused-ring (bicyclic) bond motifs is 1. The lowest BCUT2D eigenvalue weighted by molar-refractivity contribution is -0.368. The maximum atomic E-state index is 11.6. The monoisotopic (exact) mass is 333 g/mol. The third-order valence-electron chi connectivity index (χ3n) is 3.05. The van der Waals surface area contributed by atoms with Crippen LogP contribution < -0.4 is 41.0 Å². The first-order valence-corrected chi connectivity index (χ1v) is 6.63. The lowest BCUT2D eigenvalue weighted by atomic mass is 10.1. The Kier molecular flexibility index (Phi) is 9.05. The molecular weight excluding hydrogens is 313 g/mol. The fourth-order valence-corrected chi connectivity index (χ4v) is 2.07. The van der Waals surface area contributed by atoms with Crippen LogP contribution in [0.15, 0.2) is 24.4 Å². The number of nitrogens with one attached hydrogen (secondary N) is 1. The normalized spacial score (nSPS) is 9.81. The number of hydrogen-bond acceptors (Lipinski definition) is 2. The van der Waals surface area contributed by atoms with E-state index in [0.29, 0.717) is 12.2 Å². The van der Waals surface area contributed by atoms with E-state index in [9.17, 15) is 4.79 Å². The minimum atomic E-state index is -0.197. The van der Waals surface area contributed by atoms with Crippen LogP contribution in [0.4, 0.5) is 0 Å². The zero-order valence-corrected chi connectivity index (χ0v) is 13.3. The number of carbonyl (C=O) groups excluding carboxylic acids is 1. The van der Waals surface area contributed by atoms with E-state index in [4.69, 9.17) is 4.74 Å². The molecule has 0 radical (unpaired) electrons. The Hall–Kier alpha value is -1.27. The number of hydrogen-bond donors (Lipinski definition) is 3. The first kappa shape index (κ1) is 19.7. The van der Waals surface area contributed by atoms with Crippen molar-refractivity contribution in [3.8, 4) is 5.75 Å². The lowest BCUT2D eigenvalue weighted by Gasteiger charge is -2.04. The van der Waals surface area contributed by atoms with Crippen LogP contribution in [0.5, 0.6) is 5.75 Å². The third-order valence-corrected chi connectivity index (χ3v) is 3.05. The summed E-state index contributed by atoms with van der Waals surface area (Å²) in [5.41, 5.74) is 9.85. The number of halogens is 2. The second kappa shape index (κ2) is 9.63. The second-order valence-electron chi connectivity index (χ2n) is 4.56. The van der Waals surface area contributed by atoms with Crippen molar-refractivity contribution >= 4 is 16.9 Å². The molecule has 1 aromatic heterocycles. The zero-order valence-electron chi connectivity index (χ0n) is 11.8. The number of carbonyl (C=O) groups is 1. The van der Waals surface area contributed by atoms with Gasteiger partial charge in [0, 0.05) is 29.9 Å². The minimum absolute atomic E-state index is 0. The van der Waals surface area contributed by atoms with E-state index in [1.807, 2.05) is 24.4 Å². The molecule has 0 aliphatic rings. The summed E-state index contributed by atoms with van der Waals surface area (Å²) in [6.07, 6.45) is 4.08. The van der Waals surface area contributed by atoms with Crippen molar-refractivity contribution in [2.75, 3.05) is 13.1 Å². The van der Waals surface area contributed by atoms with Gasteiger partial charge in [-0.05, 0) is 23.8 Å². The molecule has 0 unspecified atom stereocenters. The van der Waals surface area contributed by atoms with Crippen molar-refractivity contribution < 1.29 is 45.8 Å². The highest BCUT2D eigenvalue weighted by Gasteiger charge is 2.08. The molecule has 5 nitrogen and oxygen atoms in total. The van der Waals surface area contributed by atoms with Crippen molar-refractivity contribution in [1.29, 1.82) is 0 Å². The van der Waals surface area contributed by atoms with Crippen LogP contribution >= 0.6 is 0 Å². The van der Waals surface area contributed by atoms with Crippen LogP contribution in [0, 0.1) is 0 Å². The molecule has 0 saturated heterocycles. The summed E-state index contributed by atoms with van der Waals surface area (Å²) in [5, 5.41) is 1.10. The molecule has 0 fully saturated rings. The van der Waals surface area contributed by atoms with Gasteiger partial charge in [0.15, 0.2) is 0 Å². The zero-order chi connectivity index (χ0) is 13.7. The molecule has 0 bridgehead atoms. The highest BCUT2D eigenvalue weighted by atomic mass is 35.5. The van der Waals surface area contributed by atoms with Crippen molar-refractivity contribution in [3.63, 3.8) is 0 Å². The van der Waals surface area contributed by atoms with E-state index in [1.54, 1.807) is 0 Å². The number of quaternary nitrogens is 2. The van der Waals surface area contributed by atoms with E-state index < -0.39 is 0 Å². The largest absolute Gasteiger partial charge is 1.00 e. The summed E-state index contributed by atoms with van der Waals surface area (Å²) in [4.78, 5) is 14.8. The SMILES string of the molecule is [Cl-].[Cl-].[NH3+]CCCC(=O)Oc1ccc2[nH]cc(CC[NH3+])c2c1. The highest BCUT2D eigenvalue weighted by Crippen LogP contribution is 2.24. The Morgan fingerprint density at radius 2 is 1.95 bits per heavy atom. The number of esters is 1. The lowest BCUT2D eigenvalue weighted by Crippen LogP contribution is -3.00. The predicted octanol–water partition coefficient (Wildman–Crippen LogP) is -6.11. The molecule has 0 aliphatic heterocycles. The third kappa shape index (κ3) is 5.21. The molecule has 1 aromatic carbocycles. The topological polar surface area (TPSA) is 97.4 Å². The molecule has 7 N–H and O–H groups in total. The Bertz CT molecular complexity index is 572. The first-order chi connectivity index (χ1) is 9.24. The van der Waals surface area contributed by atoms with Gasteiger partial charge >= 0.3 is 5.97 Å². The quantitative estimate of drug-likeness (QED) is 0.362. The van der Waals surface area contributed by atoms with Crippen molar-refractivity contribution in [2.24, 2.45) is 0 Å². The van der Waals surface area contributed by atoms with Gasteiger partial charge in [-0.2, -0.15) is 0 Å². The van der Waals surface area contributed by atoms with E-state index in [0.717, 1.165) is 36.8 Å². The van der Waals surface area contributed by atoms with Gasteiger partial charge in [0.1, 0.15) is 5.75 Å². The molecular formula is C14H21Cl2N3O2.